The lowest BCUT2D eigenvalue weighted by Crippen LogP contribution is -2.31. The average molecular weight is 370 g/mol. The van der Waals surface area contributed by atoms with Crippen molar-refractivity contribution >= 4 is 11.6 Å². The van der Waals surface area contributed by atoms with Gasteiger partial charge in [-0.1, -0.05) is 0 Å². The minimum absolute atomic E-state index is 0.0944. The number of hydrogen-bond donors (Lipinski definition) is 1. The van der Waals surface area contributed by atoms with Gasteiger partial charge < -0.3 is 5.32 Å². The Morgan fingerprint density at radius 2 is 2.04 bits per heavy atom. The maximum absolute atomic E-state index is 12.9. The van der Waals surface area contributed by atoms with Gasteiger partial charge in [-0.15, -0.1) is 0 Å². The molecule has 2 rings (SSSR count). The third-order valence-electron chi connectivity index (χ3n) is 4.04. The van der Waals surface area contributed by atoms with Gasteiger partial charge in [0.25, 0.3) is 6.43 Å². The molecular formula is C15H20F2N6O3. The maximum atomic E-state index is 12.9. The molecule has 1 atom stereocenters. The highest BCUT2D eigenvalue weighted by Gasteiger charge is 2.31. The Kier molecular flexibility index (Phi) is 5.68. The molecule has 0 aromatic carbocycles. The minimum Gasteiger partial charge on any atom is -0.348 e. The number of rotatable bonds is 7. The molecule has 2 aromatic heterocycles. The van der Waals surface area contributed by atoms with Crippen LogP contribution in [-0.4, -0.2) is 30.4 Å². The highest BCUT2D eigenvalue weighted by atomic mass is 19.3. The number of nitro groups is 1. The van der Waals surface area contributed by atoms with E-state index in [-0.39, 0.29) is 11.7 Å². The number of hydrogen-bond acceptors (Lipinski definition) is 5. The van der Waals surface area contributed by atoms with E-state index in [4.69, 9.17) is 0 Å². The minimum atomic E-state index is -3.10. The summed E-state index contributed by atoms with van der Waals surface area (Å²) in [7, 11) is 0. The lowest BCUT2D eigenvalue weighted by Gasteiger charge is -2.13. The van der Waals surface area contributed by atoms with Gasteiger partial charge in [0, 0.05) is 18.3 Å². The molecular weight excluding hydrogens is 350 g/mol. The smallest absolute Gasteiger partial charge is 0.319 e. The molecule has 0 spiro atoms. The van der Waals surface area contributed by atoms with Crippen LogP contribution >= 0.6 is 0 Å². The average Bonchev–Trinajstić information content (AvgIpc) is 3.08. The summed E-state index contributed by atoms with van der Waals surface area (Å²) >= 11 is 0. The van der Waals surface area contributed by atoms with Gasteiger partial charge >= 0.3 is 5.69 Å². The molecule has 2 heterocycles. The fourth-order valence-corrected chi connectivity index (χ4v) is 2.71. The van der Waals surface area contributed by atoms with Crippen LogP contribution in [0.3, 0.4) is 0 Å². The van der Waals surface area contributed by atoms with Gasteiger partial charge in [-0.3, -0.25) is 24.3 Å². The first-order valence-corrected chi connectivity index (χ1v) is 7.98. The quantitative estimate of drug-likeness (QED) is 0.595. The van der Waals surface area contributed by atoms with E-state index in [9.17, 15) is 23.7 Å². The third kappa shape index (κ3) is 3.86. The van der Waals surface area contributed by atoms with E-state index in [0.29, 0.717) is 6.54 Å². The van der Waals surface area contributed by atoms with Gasteiger partial charge in [-0.25, -0.2) is 8.78 Å². The topological polar surface area (TPSA) is 108 Å². The molecule has 2 aromatic rings. The van der Waals surface area contributed by atoms with Crippen LogP contribution in [-0.2, 0) is 17.9 Å². The first-order valence-electron chi connectivity index (χ1n) is 7.98. The lowest BCUT2D eigenvalue weighted by atomic mass is 10.1. The fraction of sp³-hybridized carbons (Fsp3) is 0.533. The zero-order valence-corrected chi connectivity index (χ0v) is 14.9. The summed E-state index contributed by atoms with van der Waals surface area (Å²) in [6.45, 7) is 7.10. The van der Waals surface area contributed by atoms with Crippen molar-refractivity contribution in [3.8, 4) is 0 Å². The van der Waals surface area contributed by atoms with E-state index in [1.165, 1.54) is 6.92 Å². The van der Waals surface area contributed by atoms with E-state index >= 15 is 0 Å². The summed E-state index contributed by atoms with van der Waals surface area (Å²) in [5.74, 6) is -0.498. The van der Waals surface area contributed by atoms with Gasteiger partial charge in [0.1, 0.15) is 12.2 Å². The molecule has 0 aliphatic heterocycles. The second kappa shape index (κ2) is 7.58. The monoisotopic (exact) mass is 370 g/mol. The van der Waals surface area contributed by atoms with Gasteiger partial charge in [0.2, 0.25) is 11.6 Å². The summed E-state index contributed by atoms with van der Waals surface area (Å²) in [4.78, 5) is 22.3. The van der Waals surface area contributed by atoms with Crippen molar-refractivity contribution in [2.45, 2.75) is 53.3 Å². The largest absolute Gasteiger partial charge is 0.348 e. The molecule has 0 saturated heterocycles. The van der Waals surface area contributed by atoms with Crippen LogP contribution in [0.5, 0.6) is 0 Å². The molecule has 142 valence electrons. The number of halogens is 2. The maximum Gasteiger partial charge on any atom is 0.319 e. The first-order chi connectivity index (χ1) is 12.1. The van der Waals surface area contributed by atoms with E-state index in [2.05, 4.69) is 15.5 Å². The van der Waals surface area contributed by atoms with Crippen LogP contribution in [0.1, 0.15) is 49.0 Å². The normalized spacial score (nSPS) is 12.4. The van der Waals surface area contributed by atoms with Crippen LogP contribution in [0.2, 0.25) is 0 Å². The summed E-state index contributed by atoms with van der Waals surface area (Å²) in [5, 5.41) is 21.5. The molecule has 1 amide bonds. The van der Waals surface area contributed by atoms with Gasteiger partial charge in [0.05, 0.1) is 16.7 Å². The highest BCUT2D eigenvalue weighted by molar-refractivity contribution is 5.76. The molecule has 26 heavy (non-hydrogen) atoms. The van der Waals surface area contributed by atoms with E-state index in [1.807, 2.05) is 20.0 Å². The summed E-state index contributed by atoms with van der Waals surface area (Å²) in [6, 6.07) is -0.358. The summed E-state index contributed by atoms with van der Waals surface area (Å²) < 4.78 is 28.5. The molecule has 0 saturated carbocycles. The van der Waals surface area contributed by atoms with Crippen LogP contribution < -0.4 is 5.32 Å². The van der Waals surface area contributed by atoms with Crippen LogP contribution in [0.15, 0.2) is 6.20 Å². The van der Waals surface area contributed by atoms with E-state index in [0.717, 1.165) is 15.9 Å². The highest BCUT2D eigenvalue weighted by Crippen LogP contribution is 2.30. The van der Waals surface area contributed by atoms with Gasteiger partial charge in [0.15, 0.2) is 0 Å². The lowest BCUT2D eigenvalue weighted by molar-refractivity contribution is -0.386. The molecule has 0 bridgehead atoms. The Morgan fingerprint density at radius 1 is 1.38 bits per heavy atom. The molecule has 0 fully saturated rings. The van der Waals surface area contributed by atoms with Crippen LogP contribution in [0.4, 0.5) is 14.5 Å². The van der Waals surface area contributed by atoms with Crippen molar-refractivity contribution in [3.05, 3.63) is 39.0 Å². The second-order valence-electron chi connectivity index (χ2n) is 5.85. The van der Waals surface area contributed by atoms with E-state index < -0.39 is 35.2 Å². The van der Waals surface area contributed by atoms with Crippen molar-refractivity contribution in [1.82, 2.24) is 24.9 Å². The number of nitrogens with zero attached hydrogens (tertiary/aromatic N) is 5. The van der Waals surface area contributed by atoms with Crippen LogP contribution in [0, 0.1) is 24.0 Å². The number of nitrogens with one attached hydrogen (secondary N) is 1. The van der Waals surface area contributed by atoms with Gasteiger partial charge in [-0.2, -0.15) is 10.2 Å². The number of carbonyl (C=O) groups excluding carboxylic acids is 1. The zero-order valence-electron chi connectivity index (χ0n) is 14.9. The number of aromatic nitrogens is 4. The number of alkyl halides is 2. The zero-order chi connectivity index (χ0) is 19.6. The molecule has 9 nitrogen and oxygen atoms in total. The van der Waals surface area contributed by atoms with Gasteiger partial charge in [-0.05, 0) is 27.7 Å². The number of carbonyl (C=O) groups is 1. The third-order valence-corrected chi connectivity index (χ3v) is 4.04. The summed E-state index contributed by atoms with van der Waals surface area (Å²) in [6.07, 6.45) is -1.28. The molecule has 0 aliphatic rings. The van der Waals surface area contributed by atoms with Crippen molar-refractivity contribution in [3.63, 3.8) is 0 Å². The molecule has 1 unspecified atom stereocenters. The van der Waals surface area contributed by atoms with Crippen molar-refractivity contribution in [1.29, 1.82) is 0 Å². The molecule has 11 heteroatoms. The Balaban J connectivity index is 2.16. The van der Waals surface area contributed by atoms with Crippen molar-refractivity contribution < 1.29 is 18.5 Å². The van der Waals surface area contributed by atoms with Crippen molar-refractivity contribution in [2.75, 3.05) is 0 Å². The standard InChI is InChI=1S/C15H20F2N6O3/c1-5-21-6-11(9(3)19-21)8(2)18-12(24)7-22-10(4)14(23(25)26)13(20-22)15(16)17/h6,8,15H,5,7H2,1-4H3,(H,18,24). The first kappa shape index (κ1) is 19.5. The molecule has 0 radical (unpaired) electrons. The fourth-order valence-electron chi connectivity index (χ4n) is 2.71. The predicted octanol–water partition coefficient (Wildman–Crippen LogP) is 2.44. The number of amides is 1. The molecule has 1 N–H and O–H groups in total. The Labute approximate surface area is 148 Å². The Bertz CT molecular complexity index is 830. The SMILES string of the molecule is CCn1cc(C(C)NC(=O)Cn2nc(C(F)F)c([N+](=O)[O-])c2C)c(C)n1. The summed E-state index contributed by atoms with van der Waals surface area (Å²) in [5.41, 5.74) is -0.195. The predicted molar refractivity (Wildman–Crippen MR) is 87.8 cm³/mol. The van der Waals surface area contributed by atoms with Crippen LogP contribution in [0.25, 0.3) is 0 Å². The Hall–Kier alpha value is -2.85. The Morgan fingerprint density at radius 3 is 2.50 bits per heavy atom. The second-order valence-corrected chi connectivity index (χ2v) is 5.85. The molecule has 0 aliphatic carbocycles. The number of aryl methyl sites for hydroxylation is 2. The van der Waals surface area contributed by atoms with E-state index in [1.54, 1.807) is 11.6 Å². The van der Waals surface area contributed by atoms with Crippen molar-refractivity contribution in [2.24, 2.45) is 0 Å².